The van der Waals surface area contributed by atoms with Gasteiger partial charge >= 0.3 is 0 Å². The van der Waals surface area contributed by atoms with Crippen molar-refractivity contribution >= 4 is 11.6 Å². The molecule has 3 heteroatoms. The first-order chi connectivity index (χ1) is 8.50. The topological polar surface area (TPSA) is 55.1 Å². The summed E-state index contributed by atoms with van der Waals surface area (Å²) in [6, 6.07) is 7.51. The van der Waals surface area contributed by atoms with Crippen LogP contribution in [0.5, 0.6) is 0 Å². The molecule has 1 atom stereocenters. The molecule has 0 radical (unpaired) electrons. The number of benzene rings is 1. The van der Waals surface area contributed by atoms with Crippen molar-refractivity contribution in [2.75, 3.05) is 12.3 Å². The number of carbonyl (C=O) groups excluding carboxylic acids is 1. The normalized spacial score (nSPS) is 12.4. The summed E-state index contributed by atoms with van der Waals surface area (Å²) in [6.07, 6.45) is 2.18. The van der Waals surface area contributed by atoms with E-state index in [0.29, 0.717) is 11.6 Å². The predicted molar refractivity (Wildman–Crippen MR) is 76.4 cm³/mol. The van der Waals surface area contributed by atoms with Crippen molar-refractivity contribution in [3.05, 3.63) is 29.8 Å². The SMILES string of the molecule is CC(C)CCCNC(=O)C(C)c1cccc(N)c1. The van der Waals surface area contributed by atoms with Gasteiger partial charge in [0.15, 0.2) is 0 Å². The maximum absolute atomic E-state index is 11.9. The van der Waals surface area contributed by atoms with E-state index < -0.39 is 0 Å². The molecule has 0 aromatic heterocycles. The van der Waals surface area contributed by atoms with Crippen molar-refractivity contribution < 1.29 is 4.79 Å². The lowest BCUT2D eigenvalue weighted by Crippen LogP contribution is -2.29. The lowest BCUT2D eigenvalue weighted by molar-refractivity contribution is -0.122. The molecule has 18 heavy (non-hydrogen) atoms. The molecule has 0 fully saturated rings. The van der Waals surface area contributed by atoms with Crippen molar-refractivity contribution in [1.29, 1.82) is 0 Å². The van der Waals surface area contributed by atoms with Gasteiger partial charge in [0.2, 0.25) is 5.91 Å². The van der Waals surface area contributed by atoms with Gasteiger partial charge in [-0.15, -0.1) is 0 Å². The molecule has 0 saturated heterocycles. The fourth-order valence-corrected chi connectivity index (χ4v) is 1.85. The summed E-state index contributed by atoms with van der Waals surface area (Å²) >= 11 is 0. The van der Waals surface area contributed by atoms with Crippen molar-refractivity contribution in [2.24, 2.45) is 5.92 Å². The maximum Gasteiger partial charge on any atom is 0.227 e. The van der Waals surface area contributed by atoms with Gasteiger partial charge in [0.05, 0.1) is 5.92 Å². The second kappa shape index (κ2) is 7.04. The van der Waals surface area contributed by atoms with Crippen LogP contribution in [0, 0.1) is 5.92 Å². The number of amides is 1. The second-order valence-electron chi connectivity index (χ2n) is 5.22. The molecule has 0 aliphatic heterocycles. The summed E-state index contributed by atoms with van der Waals surface area (Å²) in [5.74, 6) is 0.616. The van der Waals surface area contributed by atoms with Crippen LogP contribution in [-0.2, 0) is 4.79 Å². The number of rotatable bonds is 6. The first-order valence-electron chi connectivity index (χ1n) is 6.64. The van der Waals surface area contributed by atoms with Crippen molar-refractivity contribution in [2.45, 2.75) is 39.5 Å². The highest BCUT2D eigenvalue weighted by Crippen LogP contribution is 2.17. The third-order valence-electron chi connectivity index (χ3n) is 3.06. The van der Waals surface area contributed by atoms with Crippen LogP contribution in [0.25, 0.3) is 0 Å². The van der Waals surface area contributed by atoms with Gasteiger partial charge in [-0.25, -0.2) is 0 Å². The lowest BCUT2D eigenvalue weighted by Gasteiger charge is -2.13. The molecule has 1 aromatic carbocycles. The molecule has 3 N–H and O–H groups in total. The van der Waals surface area contributed by atoms with E-state index >= 15 is 0 Å². The van der Waals surface area contributed by atoms with Crippen LogP contribution in [0.2, 0.25) is 0 Å². The Kier molecular flexibility index (Phi) is 5.69. The molecular weight excluding hydrogens is 224 g/mol. The molecule has 0 saturated carbocycles. The number of hydrogen-bond acceptors (Lipinski definition) is 2. The van der Waals surface area contributed by atoms with Crippen molar-refractivity contribution in [3.8, 4) is 0 Å². The number of nitrogens with one attached hydrogen (secondary N) is 1. The third-order valence-corrected chi connectivity index (χ3v) is 3.06. The molecule has 3 nitrogen and oxygen atoms in total. The molecule has 1 rings (SSSR count). The van der Waals surface area contributed by atoms with E-state index in [-0.39, 0.29) is 11.8 Å². The summed E-state index contributed by atoms with van der Waals surface area (Å²) in [7, 11) is 0. The molecule has 1 unspecified atom stereocenters. The zero-order valence-corrected chi connectivity index (χ0v) is 11.6. The van der Waals surface area contributed by atoms with E-state index in [2.05, 4.69) is 19.2 Å². The Hall–Kier alpha value is -1.51. The fourth-order valence-electron chi connectivity index (χ4n) is 1.85. The quantitative estimate of drug-likeness (QED) is 0.600. The highest BCUT2D eigenvalue weighted by molar-refractivity contribution is 5.83. The Morgan fingerprint density at radius 2 is 2.06 bits per heavy atom. The Balaban J connectivity index is 2.42. The number of nitrogens with two attached hydrogens (primary N) is 1. The van der Waals surface area contributed by atoms with Crippen LogP contribution < -0.4 is 11.1 Å². The highest BCUT2D eigenvalue weighted by Gasteiger charge is 2.14. The molecule has 0 aliphatic rings. The van der Waals surface area contributed by atoms with Crippen LogP contribution in [0.15, 0.2) is 24.3 Å². The van der Waals surface area contributed by atoms with E-state index in [9.17, 15) is 4.79 Å². The predicted octanol–water partition coefficient (Wildman–Crippen LogP) is 2.92. The van der Waals surface area contributed by atoms with Gasteiger partial charge in [-0.05, 0) is 43.4 Å². The summed E-state index contributed by atoms with van der Waals surface area (Å²) in [6.45, 7) is 7.05. The smallest absolute Gasteiger partial charge is 0.227 e. The zero-order chi connectivity index (χ0) is 13.5. The summed E-state index contributed by atoms with van der Waals surface area (Å²) in [5.41, 5.74) is 7.39. The minimum Gasteiger partial charge on any atom is -0.399 e. The Bertz CT molecular complexity index is 388. The Labute approximate surface area is 110 Å². The lowest BCUT2D eigenvalue weighted by atomic mass is 10.00. The monoisotopic (exact) mass is 248 g/mol. The summed E-state index contributed by atoms with van der Waals surface area (Å²) in [4.78, 5) is 11.9. The number of carbonyl (C=O) groups is 1. The molecule has 1 aromatic rings. The van der Waals surface area contributed by atoms with Gasteiger partial charge in [-0.3, -0.25) is 4.79 Å². The van der Waals surface area contributed by atoms with E-state index in [0.717, 1.165) is 24.9 Å². The minimum atomic E-state index is -0.146. The number of hydrogen-bond donors (Lipinski definition) is 2. The maximum atomic E-state index is 11.9. The highest BCUT2D eigenvalue weighted by atomic mass is 16.1. The first kappa shape index (κ1) is 14.6. The van der Waals surface area contributed by atoms with Gasteiger partial charge in [0, 0.05) is 12.2 Å². The van der Waals surface area contributed by atoms with E-state index in [4.69, 9.17) is 5.73 Å². The standard InChI is InChI=1S/C15H24N2O/c1-11(2)6-5-9-17-15(18)12(3)13-7-4-8-14(16)10-13/h4,7-8,10-12H,5-6,9,16H2,1-3H3,(H,17,18). The van der Waals surface area contributed by atoms with Crippen molar-refractivity contribution in [3.63, 3.8) is 0 Å². The number of nitrogen functional groups attached to an aromatic ring is 1. The van der Waals surface area contributed by atoms with Crippen LogP contribution >= 0.6 is 0 Å². The molecule has 0 aliphatic carbocycles. The van der Waals surface area contributed by atoms with Gasteiger partial charge in [-0.2, -0.15) is 0 Å². The summed E-state index contributed by atoms with van der Waals surface area (Å²) in [5, 5.41) is 2.98. The third kappa shape index (κ3) is 4.78. The Morgan fingerprint density at radius 1 is 1.33 bits per heavy atom. The minimum absolute atomic E-state index is 0.0735. The fraction of sp³-hybridized carbons (Fsp3) is 0.533. The molecule has 0 heterocycles. The largest absolute Gasteiger partial charge is 0.399 e. The number of anilines is 1. The van der Waals surface area contributed by atoms with Crippen LogP contribution in [-0.4, -0.2) is 12.5 Å². The van der Waals surface area contributed by atoms with Gasteiger partial charge in [0.25, 0.3) is 0 Å². The van der Waals surface area contributed by atoms with E-state index in [1.165, 1.54) is 0 Å². The van der Waals surface area contributed by atoms with E-state index in [1.54, 1.807) is 0 Å². The van der Waals surface area contributed by atoms with Crippen molar-refractivity contribution in [1.82, 2.24) is 5.32 Å². The average molecular weight is 248 g/mol. The molecule has 0 bridgehead atoms. The van der Waals surface area contributed by atoms with Crippen LogP contribution in [0.3, 0.4) is 0 Å². The van der Waals surface area contributed by atoms with Gasteiger partial charge < -0.3 is 11.1 Å². The average Bonchev–Trinajstić information content (AvgIpc) is 2.33. The van der Waals surface area contributed by atoms with Crippen LogP contribution in [0.1, 0.15) is 45.1 Å². The summed E-state index contributed by atoms with van der Waals surface area (Å²) < 4.78 is 0. The van der Waals surface area contributed by atoms with Gasteiger partial charge in [0.1, 0.15) is 0 Å². The van der Waals surface area contributed by atoms with Gasteiger partial charge in [-0.1, -0.05) is 26.0 Å². The molecular formula is C15H24N2O. The first-order valence-corrected chi connectivity index (χ1v) is 6.64. The van der Waals surface area contributed by atoms with Crippen LogP contribution in [0.4, 0.5) is 5.69 Å². The van der Waals surface area contributed by atoms with E-state index in [1.807, 2.05) is 31.2 Å². The Morgan fingerprint density at radius 3 is 2.67 bits per heavy atom. The molecule has 1 amide bonds. The molecule has 0 spiro atoms. The zero-order valence-electron chi connectivity index (χ0n) is 11.6. The molecule has 100 valence electrons. The second-order valence-corrected chi connectivity index (χ2v) is 5.22.